The van der Waals surface area contributed by atoms with E-state index in [0.717, 1.165) is 17.7 Å². The predicted octanol–water partition coefficient (Wildman–Crippen LogP) is 2.99. The third-order valence-electron chi connectivity index (χ3n) is 5.49. The maximum absolute atomic E-state index is 13.0. The van der Waals surface area contributed by atoms with E-state index in [9.17, 15) is 19.2 Å². The molecule has 0 radical (unpaired) electrons. The average Bonchev–Trinajstić information content (AvgIpc) is 3.41. The lowest BCUT2D eigenvalue weighted by atomic mass is 10.1. The molecule has 2 aromatic carbocycles. The van der Waals surface area contributed by atoms with Crippen molar-refractivity contribution in [1.82, 2.24) is 9.80 Å². The molecule has 31 heavy (non-hydrogen) atoms. The third kappa shape index (κ3) is 3.86. The van der Waals surface area contributed by atoms with Gasteiger partial charge in [-0.25, -0.2) is 4.79 Å². The lowest BCUT2D eigenvalue weighted by Gasteiger charge is -2.23. The van der Waals surface area contributed by atoms with Gasteiger partial charge in [0.1, 0.15) is 0 Å². The van der Waals surface area contributed by atoms with Gasteiger partial charge < -0.3 is 9.64 Å². The Labute approximate surface area is 179 Å². The molecule has 2 aliphatic heterocycles. The second kappa shape index (κ2) is 8.55. The van der Waals surface area contributed by atoms with E-state index >= 15 is 0 Å². The van der Waals surface area contributed by atoms with Crippen molar-refractivity contribution in [1.29, 1.82) is 0 Å². The average molecular weight is 418 g/mol. The summed E-state index contributed by atoms with van der Waals surface area (Å²) in [6.45, 7) is 4.91. The van der Waals surface area contributed by atoms with Gasteiger partial charge in [0, 0.05) is 25.2 Å². The Kier molecular flexibility index (Phi) is 5.66. The van der Waals surface area contributed by atoms with Gasteiger partial charge in [0.2, 0.25) is 6.10 Å². The number of nitrogens with zero attached hydrogens (tertiary/aromatic N) is 2. The van der Waals surface area contributed by atoms with E-state index in [1.165, 1.54) is 24.3 Å². The first-order valence-corrected chi connectivity index (χ1v) is 10.2. The molecule has 0 unspecified atom stereocenters. The zero-order valence-corrected chi connectivity index (χ0v) is 17.0. The summed E-state index contributed by atoms with van der Waals surface area (Å²) in [5.41, 5.74) is 1.06. The molecule has 0 saturated carbocycles. The Bertz CT molecular complexity index is 1060. The predicted molar refractivity (Wildman–Crippen MR) is 112 cm³/mol. The summed E-state index contributed by atoms with van der Waals surface area (Å²) in [4.78, 5) is 53.6. The van der Waals surface area contributed by atoms with Gasteiger partial charge in [0.25, 0.3) is 17.7 Å². The maximum atomic E-state index is 13.0. The van der Waals surface area contributed by atoms with Crippen molar-refractivity contribution < 1.29 is 23.9 Å². The highest BCUT2D eigenvalue weighted by molar-refractivity contribution is 6.22. The van der Waals surface area contributed by atoms with Crippen molar-refractivity contribution >= 4 is 23.7 Å². The van der Waals surface area contributed by atoms with E-state index in [4.69, 9.17) is 4.74 Å². The molecule has 0 bridgehead atoms. The highest BCUT2D eigenvalue weighted by Crippen LogP contribution is 2.27. The summed E-state index contributed by atoms with van der Waals surface area (Å²) in [5, 5.41) is 0. The number of rotatable bonds is 6. The zero-order chi connectivity index (χ0) is 22.0. The molecule has 1 saturated heterocycles. The van der Waals surface area contributed by atoms with Crippen LogP contribution in [-0.2, 0) is 9.53 Å². The van der Waals surface area contributed by atoms with Crippen LogP contribution in [0.15, 0.2) is 61.2 Å². The summed E-state index contributed by atoms with van der Waals surface area (Å²) in [5.74, 6) is -1.90. The van der Waals surface area contributed by atoms with Crippen LogP contribution in [0.2, 0.25) is 0 Å². The molecule has 0 spiro atoms. The number of benzene rings is 2. The molecule has 0 aromatic heterocycles. The largest absolute Gasteiger partial charge is 0.444 e. The van der Waals surface area contributed by atoms with Crippen molar-refractivity contribution in [3.05, 3.63) is 83.4 Å². The zero-order valence-electron chi connectivity index (χ0n) is 17.0. The minimum absolute atomic E-state index is 0.0898. The Morgan fingerprint density at radius 1 is 1.00 bits per heavy atom. The molecule has 2 aromatic rings. The molecular formula is C24H22N2O5. The van der Waals surface area contributed by atoms with Crippen LogP contribution in [-0.4, -0.2) is 53.1 Å². The number of amides is 3. The van der Waals surface area contributed by atoms with E-state index < -0.39 is 23.9 Å². The fourth-order valence-corrected chi connectivity index (χ4v) is 3.88. The van der Waals surface area contributed by atoms with Crippen LogP contribution in [0, 0.1) is 0 Å². The van der Waals surface area contributed by atoms with Gasteiger partial charge in [-0.1, -0.05) is 36.4 Å². The molecule has 7 nitrogen and oxygen atoms in total. The standard InChI is InChI=1S/C24H22N2O5/c1-2-12-26-21(27)18-11-10-17(15-19(18)22(26)28)24(30)31-20(16-8-4-3-5-9-16)23(29)25-13-6-7-14-25/h2-5,8-11,15,20H,1,6-7,12-14H2/t20-/m0/s1. The Morgan fingerprint density at radius 2 is 1.68 bits per heavy atom. The topological polar surface area (TPSA) is 84.0 Å². The van der Waals surface area contributed by atoms with Crippen LogP contribution >= 0.6 is 0 Å². The summed E-state index contributed by atoms with van der Waals surface area (Å²) in [7, 11) is 0. The third-order valence-corrected chi connectivity index (χ3v) is 5.49. The van der Waals surface area contributed by atoms with Gasteiger partial charge in [0.15, 0.2) is 0 Å². The lowest BCUT2D eigenvalue weighted by molar-refractivity contribution is -0.140. The van der Waals surface area contributed by atoms with Gasteiger partial charge in [-0.2, -0.15) is 0 Å². The Morgan fingerprint density at radius 3 is 2.35 bits per heavy atom. The van der Waals surface area contributed by atoms with Crippen LogP contribution in [0.3, 0.4) is 0 Å². The molecule has 4 rings (SSSR count). The fourth-order valence-electron chi connectivity index (χ4n) is 3.88. The van der Waals surface area contributed by atoms with E-state index in [2.05, 4.69) is 6.58 Å². The van der Waals surface area contributed by atoms with Gasteiger partial charge in [-0.3, -0.25) is 19.3 Å². The smallest absolute Gasteiger partial charge is 0.339 e. The molecule has 7 heteroatoms. The number of esters is 1. The molecule has 1 atom stereocenters. The van der Waals surface area contributed by atoms with Gasteiger partial charge in [-0.05, 0) is 31.0 Å². The van der Waals surface area contributed by atoms with Crippen LogP contribution in [0.4, 0.5) is 0 Å². The van der Waals surface area contributed by atoms with E-state index in [1.807, 2.05) is 6.07 Å². The second-order valence-electron chi connectivity index (χ2n) is 7.50. The van der Waals surface area contributed by atoms with Gasteiger partial charge in [-0.15, -0.1) is 6.58 Å². The first-order chi connectivity index (χ1) is 15.0. The summed E-state index contributed by atoms with van der Waals surface area (Å²) in [6, 6.07) is 13.1. The number of fused-ring (bicyclic) bond motifs is 1. The summed E-state index contributed by atoms with van der Waals surface area (Å²) < 4.78 is 5.64. The molecule has 1 fully saturated rings. The lowest BCUT2D eigenvalue weighted by Crippen LogP contribution is -2.34. The fraction of sp³-hybridized carbons (Fsp3) is 0.250. The minimum Gasteiger partial charge on any atom is -0.444 e. The number of likely N-dealkylation sites (tertiary alicyclic amines) is 1. The molecule has 0 aliphatic carbocycles. The summed E-state index contributed by atoms with van der Waals surface area (Å²) >= 11 is 0. The first-order valence-electron chi connectivity index (χ1n) is 10.2. The van der Waals surface area contributed by atoms with Crippen molar-refractivity contribution in [2.45, 2.75) is 18.9 Å². The first kappa shape index (κ1) is 20.5. The van der Waals surface area contributed by atoms with Crippen molar-refractivity contribution in [3.8, 4) is 0 Å². The highest BCUT2D eigenvalue weighted by atomic mass is 16.5. The number of imide groups is 1. The van der Waals surface area contributed by atoms with Crippen LogP contribution in [0.5, 0.6) is 0 Å². The van der Waals surface area contributed by atoms with Crippen LogP contribution < -0.4 is 0 Å². The van der Waals surface area contributed by atoms with Crippen molar-refractivity contribution in [2.75, 3.05) is 19.6 Å². The van der Waals surface area contributed by atoms with Gasteiger partial charge >= 0.3 is 5.97 Å². The second-order valence-corrected chi connectivity index (χ2v) is 7.50. The van der Waals surface area contributed by atoms with Crippen LogP contribution in [0.1, 0.15) is 55.6 Å². The SMILES string of the molecule is C=CCN1C(=O)c2ccc(C(=O)O[C@H](C(=O)N3CCCC3)c3ccccc3)cc2C1=O. The number of ether oxygens (including phenoxy) is 1. The van der Waals surface area contributed by atoms with Crippen molar-refractivity contribution in [3.63, 3.8) is 0 Å². The monoisotopic (exact) mass is 418 g/mol. The Balaban J connectivity index is 1.60. The number of carbonyl (C=O) groups excluding carboxylic acids is 4. The minimum atomic E-state index is -1.07. The quantitative estimate of drug-likeness (QED) is 0.409. The Hall–Kier alpha value is -3.74. The molecule has 158 valence electrons. The number of hydrogen-bond donors (Lipinski definition) is 0. The van der Waals surface area contributed by atoms with Crippen LogP contribution in [0.25, 0.3) is 0 Å². The molecular weight excluding hydrogens is 396 g/mol. The van der Waals surface area contributed by atoms with E-state index in [1.54, 1.807) is 29.2 Å². The normalized spacial score (nSPS) is 16.3. The molecule has 0 N–H and O–H groups in total. The van der Waals surface area contributed by atoms with Gasteiger partial charge in [0.05, 0.1) is 16.7 Å². The molecule has 2 aliphatic rings. The molecule has 2 heterocycles. The molecule has 3 amide bonds. The summed E-state index contributed by atoms with van der Waals surface area (Å²) in [6.07, 6.45) is 2.23. The van der Waals surface area contributed by atoms with E-state index in [-0.39, 0.29) is 29.1 Å². The number of hydrogen-bond acceptors (Lipinski definition) is 5. The van der Waals surface area contributed by atoms with E-state index in [0.29, 0.717) is 18.7 Å². The maximum Gasteiger partial charge on any atom is 0.339 e. The highest BCUT2D eigenvalue weighted by Gasteiger charge is 2.36. The van der Waals surface area contributed by atoms with Crippen molar-refractivity contribution in [2.24, 2.45) is 0 Å². The number of carbonyl (C=O) groups is 4.